The topological polar surface area (TPSA) is 59.2 Å². The lowest BCUT2D eigenvalue weighted by molar-refractivity contribution is -0.142. The molecule has 1 atom stereocenters. The summed E-state index contributed by atoms with van der Waals surface area (Å²) in [4.78, 5) is 26.5. The molecule has 2 aromatic rings. The number of ether oxygens (including phenoxy) is 1. The van der Waals surface area contributed by atoms with Gasteiger partial charge in [0.2, 0.25) is 0 Å². The Morgan fingerprint density at radius 1 is 1.43 bits per heavy atom. The molecule has 110 valence electrons. The second-order valence-corrected chi connectivity index (χ2v) is 5.33. The van der Waals surface area contributed by atoms with Crippen LogP contribution in [0.15, 0.2) is 45.8 Å². The SMILES string of the molecule is COC(=O)C(Cc1cccc(F)c1)c1c(Br)cc[nH]c1=O. The van der Waals surface area contributed by atoms with E-state index in [4.69, 9.17) is 4.74 Å². The van der Waals surface area contributed by atoms with Crippen LogP contribution in [0, 0.1) is 5.82 Å². The maximum Gasteiger partial charge on any atom is 0.313 e. The standard InChI is InChI=1S/C15H13BrFNO3/c1-21-15(20)11(8-9-3-2-4-10(17)7-9)13-12(16)5-6-18-14(13)19/h2-7,11H,8H2,1H3,(H,18,19). The molecule has 0 saturated carbocycles. The van der Waals surface area contributed by atoms with E-state index in [0.717, 1.165) is 0 Å². The normalized spacial score (nSPS) is 12.0. The Bertz CT molecular complexity index is 714. The second-order valence-electron chi connectivity index (χ2n) is 4.48. The van der Waals surface area contributed by atoms with E-state index in [0.29, 0.717) is 10.0 Å². The number of rotatable bonds is 4. The molecule has 1 heterocycles. The van der Waals surface area contributed by atoms with Crippen molar-refractivity contribution in [3.05, 3.63) is 68.3 Å². The van der Waals surface area contributed by atoms with Gasteiger partial charge in [0, 0.05) is 16.2 Å². The second kappa shape index (κ2) is 6.67. The summed E-state index contributed by atoms with van der Waals surface area (Å²) in [6.07, 6.45) is 1.66. The van der Waals surface area contributed by atoms with Crippen LogP contribution in [-0.2, 0) is 16.0 Å². The van der Waals surface area contributed by atoms with Crippen LogP contribution in [0.25, 0.3) is 0 Å². The molecule has 2 rings (SSSR count). The number of aromatic amines is 1. The molecular weight excluding hydrogens is 341 g/mol. The molecule has 21 heavy (non-hydrogen) atoms. The Kier molecular flexibility index (Phi) is 4.90. The lowest BCUT2D eigenvalue weighted by Crippen LogP contribution is -2.25. The number of halogens is 2. The molecule has 0 fully saturated rings. The van der Waals surface area contributed by atoms with E-state index in [1.165, 1.54) is 25.4 Å². The number of esters is 1. The van der Waals surface area contributed by atoms with E-state index in [1.54, 1.807) is 18.2 Å². The number of aromatic nitrogens is 1. The number of nitrogens with one attached hydrogen (secondary N) is 1. The van der Waals surface area contributed by atoms with E-state index in [9.17, 15) is 14.0 Å². The van der Waals surface area contributed by atoms with Gasteiger partial charge in [-0.3, -0.25) is 9.59 Å². The Morgan fingerprint density at radius 3 is 2.81 bits per heavy atom. The molecule has 0 aliphatic carbocycles. The summed E-state index contributed by atoms with van der Waals surface area (Å²) in [5.41, 5.74) is 0.505. The fourth-order valence-electron chi connectivity index (χ4n) is 2.14. The van der Waals surface area contributed by atoms with E-state index in [-0.39, 0.29) is 17.5 Å². The average Bonchev–Trinajstić information content (AvgIpc) is 2.45. The van der Waals surface area contributed by atoms with E-state index < -0.39 is 17.7 Å². The molecule has 4 nitrogen and oxygen atoms in total. The summed E-state index contributed by atoms with van der Waals surface area (Å²) in [7, 11) is 1.26. The minimum absolute atomic E-state index is 0.177. The van der Waals surface area contributed by atoms with Gasteiger partial charge >= 0.3 is 5.97 Å². The lowest BCUT2D eigenvalue weighted by atomic mass is 9.93. The maximum absolute atomic E-state index is 13.3. The number of hydrogen-bond acceptors (Lipinski definition) is 3. The van der Waals surface area contributed by atoms with Crippen molar-refractivity contribution in [2.45, 2.75) is 12.3 Å². The highest BCUT2D eigenvalue weighted by Crippen LogP contribution is 2.26. The molecule has 1 aromatic heterocycles. The molecule has 1 aromatic carbocycles. The van der Waals surface area contributed by atoms with Crippen molar-refractivity contribution < 1.29 is 13.9 Å². The van der Waals surface area contributed by atoms with Gasteiger partial charge in [0.05, 0.1) is 13.0 Å². The first-order chi connectivity index (χ1) is 10.0. The first kappa shape index (κ1) is 15.4. The van der Waals surface area contributed by atoms with Crippen LogP contribution in [0.1, 0.15) is 17.0 Å². The van der Waals surface area contributed by atoms with Gasteiger partial charge < -0.3 is 9.72 Å². The highest BCUT2D eigenvalue weighted by molar-refractivity contribution is 9.10. The zero-order chi connectivity index (χ0) is 15.4. The van der Waals surface area contributed by atoms with Crippen molar-refractivity contribution in [3.8, 4) is 0 Å². The van der Waals surface area contributed by atoms with Crippen molar-refractivity contribution in [3.63, 3.8) is 0 Å². The molecule has 0 saturated heterocycles. The smallest absolute Gasteiger partial charge is 0.313 e. The molecule has 0 aliphatic rings. The van der Waals surface area contributed by atoms with Crippen molar-refractivity contribution >= 4 is 21.9 Å². The molecule has 0 amide bonds. The molecule has 1 N–H and O–H groups in total. The summed E-state index contributed by atoms with van der Waals surface area (Å²) in [5, 5.41) is 0. The number of H-pyrrole nitrogens is 1. The monoisotopic (exact) mass is 353 g/mol. The highest BCUT2D eigenvalue weighted by Gasteiger charge is 2.27. The van der Waals surface area contributed by atoms with Crippen molar-refractivity contribution in [2.75, 3.05) is 7.11 Å². The van der Waals surface area contributed by atoms with Gasteiger partial charge in [-0.25, -0.2) is 4.39 Å². The highest BCUT2D eigenvalue weighted by atomic mass is 79.9. The van der Waals surface area contributed by atoms with Gasteiger partial charge in [-0.2, -0.15) is 0 Å². The van der Waals surface area contributed by atoms with Gasteiger partial charge in [-0.1, -0.05) is 28.1 Å². The van der Waals surface area contributed by atoms with Crippen molar-refractivity contribution in [2.24, 2.45) is 0 Å². The molecule has 1 unspecified atom stereocenters. The maximum atomic E-state index is 13.3. The fraction of sp³-hybridized carbons (Fsp3) is 0.200. The fourth-order valence-corrected chi connectivity index (χ4v) is 2.72. The van der Waals surface area contributed by atoms with Crippen LogP contribution in [0.3, 0.4) is 0 Å². The number of hydrogen-bond donors (Lipinski definition) is 1. The predicted octanol–water partition coefficient (Wildman–Crippen LogP) is 2.78. The zero-order valence-corrected chi connectivity index (χ0v) is 12.8. The Balaban J connectivity index is 2.45. The van der Waals surface area contributed by atoms with Gasteiger partial charge in [0.25, 0.3) is 5.56 Å². The molecule has 6 heteroatoms. The Labute approximate surface area is 129 Å². The third kappa shape index (κ3) is 3.58. The molecule has 0 spiro atoms. The number of carbonyl (C=O) groups excluding carboxylic acids is 1. The predicted molar refractivity (Wildman–Crippen MR) is 79.6 cm³/mol. The van der Waals surface area contributed by atoms with E-state index >= 15 is 0 Å². The Morgan fingerprint density at radius 2 is 2.19 bits per heavy atom. The molecule has 0 aliphatic heterocycles. The van der Waals surface area contributed by atoms with Crippen LogP contribution in [0.4, 0.5) is 4.39 Å². The van der Waals surface area contributed by atoms with Crippen molar-refractivity contribution in [1.29, 1.82) is 0 Å². The number of carbonyl (C=O) groups is 1. The third-order valence-electron chi connectivity index (χ3n) is 3.11. The Hall–Kier alpha value is -1.95. The van der Waals surface area contributed by atoms with Crippen LogP contribution in [0.5, 0.6) is 0 Å². The summed E-state index contributed by atoms with van der Waals surface area (Å²) in [5.74, 6) is -1.75. The van der Waals surface area contributed by atoms with Gasteiger partial charge in [-0.15, -0.1) is 0 Å². The summed E-state index contributed by atoms with van der Waals surface area (Å²) in [6.45, 7) is 0. The largest absolute Gasteiger partial charge is 0.469 e. The first-order valence-electron chi connectivity index (χ1n) is 6.22. The van der Waals surface area contributed by atoms with E-state index in [1.807, 2.05) is 0 Å². The molecular formula is C15H13BrFNO3. The van der Waals surface area contributed by atoms with Gasteiger partial charge in [0.1, 0.15) is 5.82 Å². The number of pyridine rings is 1. The van der Waals surface area contributed by atoms with Gasteiger partial charge in [0.15, 0.2) is 0 Å². The summed E-state index contributed by atoms with van der Waals surface area (Å²) >= 11 is 3.27. The van der Waals surface area contributed by atoms with Crippen LogP contribution in [0.2, 0.25) is 0 Å². The van der Waals surface area contributed by atoms with Crippen molar-refractivity contribution in [1.82, 2.24) is 4.98 Å². The lowest BCUT2D eigenvalue weighted by Gasteiger charge is -2.15. The molecule has 0 bridgehead atoms. The minimum atomic E-state index is -0.809. The van der Waals surface area contributed by atoms with Crippen LogP contribution in [-0.4, -0.2) is 18.1 Å². The van der Waals surface area contributed by atoms with E-state index in [2.05, 4.69) is 20.9 Å². The number of benzene rings is 1. The van der Waals surface area contributed by atoms with Crippen LogP contribution < -0.4 is 5.56 Å². The van der Waals surface area contributed by atoms with Gasteiger partial charge in [-0.05, 0) is 30.2 Å². The third-order valence-corrected chi connectivity index (χ3v) is 3.80. The zero-order valence-electron chi connectivity index (χ0n) is 11.2. The summed E-state index contributed by atoms with van der Waals surface area (Å²) < 4.78 is 18.6. The molecule has 0 radical (unpaired) electrons. The number of methoxy groups -OCH3 is 1. The quantitative estimate of drug-likeness (QED) is 0.859. The van der Waals surface area contributed by atoms with Crippen LogP contribution >= 0.6 is 15.9 Å². The minimum Gasteiger partial charge on any atom is -0.469 e. The first-order valence-corrected chi connectivity index (χ1v) is 7.01. The average molecular weight is 354 g/mol. The summed E-state index contributed by atoms with van der Waals surface area (Å²) in [6, 6.07) is 7.55.